The number of aliphatic imine (C=N–C) groups is 1. The molecule has 1 atom stereocenters. The largest absolute Gasteiger partial charge is 0.374 e. The number of hydrogen-bond donors (Lipinski definition) is 1. The van der Waals surface area contributed by atoms with Crippen molar-refractivity contribution < 1.29 is 4.74 Å². The van der Waals surface area contributed by atoms with Crippen molar-refractivity contribution in [2.24, 2.45) is 10.9 Å². The summed E-state index contributed by atoms with van der Waals surface area (Å²) in [5.74, 6) is 1.67. The molecule has 1 N–H and O–H groups in total. The van der Waals surface area contributed by atoms with E-state index in [9.17, 15) is 0 Å². The Bertz CT molecular complexity index is 641. The summed E-state index contributed by atoms with van der Waals surface area (Å²) in [5.41, 5.74) is 2.77. The van der Waals surface area contributed by atoms with Gasteiger partial charge in [0.25, 0.3) is 0 Å². The lowest BCUT2D eigenvalue weighted by molar-refractivity contribution is -0.0286. The first-order valence-corrected chi connectivity index (χ1v) is 10.2. The minimum absolute atomic E-state index is 0.231. The van der Waals surface area contributed by atoms with Crippen LogP contribution in [-0.2, 0) is 4.74 Å². The first-order chi connectivity index (χ1) is 13.2. The highest BCUT2D eigenvalue weighted by molar-refractivity contribution is 5.81. The summed E-state index contributed by atoms with van der Waals surface area (Å²) >= 11 is 0. The zero-order valence-corrected chi connectivity index (χ0v) is 17.0. The van der Waals surface area contributed by atoms with E-state index in [0.29, 0.717) is 5.92 Å². The maximum atomic E-state index is 5.96. The predicted molar refractivity (Wildman–Crippen MR) is 113 cm³/mol. The second-order valence-corrected chi connectivity index (χ2v) is 7.87. The Labute approximate surface area is 164 Å². The molecular weight excluding hydrogens is 336 g/mol. The maximum absolute atomic E-state index is 5.96. The molecule has 2 aliphatic heterocycles. The van der Waals surface area contributed by atoms with Crippen LogP contribution in [0.1, 0.15) is 25.8 Å². The van der Waals surface area contributed by atoms with Gasteiger partial charge >= 0.3 is 0 Å². The highest BCUT2D eigenvalue weighted by atomic mass is 16.5. The molecule has 0 aromatic heterocycles. The average Bonchev–Trinajstić information content (AvgIpc) is 2.69. The van der Waals surface area contributed by atoms with E-state index in [0.717, 1.165) is 58.3 Å². The van der Waals surface area contributed by atoms with Gasteiger partial charge < -0.3 is 15.0 Å². The molecule has 1 saturated heterocycles. The van der Waals surface area contributed by atoms with E-state index in [-0.39, 0.29) is 6.10 Å². The van der Waals surface area contributed by atoms with Crippen LogP contribution in [0.15, 0.2) is 41.4 Å². The Hall–Kier alpha value is -1.85. The summed E-state index contributed by atoms with van der Waals surface area (Å²) in [5, 5.41) is 3.53. The molecule has 0 saturated carbocycles. The van der Waals surface area contributed by atoms with Crippen LogP contribution < -0.4 is 5.32 Å². The number of nitrogens with zero attached hydrogens (tertiary/aromatic N) is 3. The van der Waals surface area contributed by atoms with E-state index < -0.39 is 0 Å². The molecule has 0 amide bonds. The van der Waals surface area contributed by atoms with E-state index in [2.05, 4.69) is 70.4 Å². The average molecular weight is 371 g/mol. The van der Waals surface area contributed by atoms with Crippen molar-refractivity contribution in [2.75, 3.05) is 52.9 Å². The van der Waals surface area contributed by atoms with Gasteiger partial charge in [0.1, 0.15) is 0 Å². The van der Waals surface area contributed by atoms with Crippen LogP contribution in [0, 0.1) is 5.92 Å². The Morgan fingerprint density at radius 1 is 1.26 bits per heavy atom. The van der Waals surface area contributed by atoms with E-state index in [4.69, 9.17) is 4.74 Å². The van der Waals surface area contributed by atoms with Gasteiger partial charge in [0.15, 0.2) is 5.96 Å². The zero-order valence-electron chi connectivity index (χ0n) is 17.0. The molecule has 1 fully saturated rings. The van der Waals surface area contributed by atoms with Gasteiger partial charge in [-0.05, 0) is 23.5 Å². The van der Waals surface area contributed by atoms with Gasteiger partial charge in [0, 0.05) is 46.3 Å². The second kappa shape index (κ2) is 9.90. The summed E-state index contributed by atoms with van der Waals surface area (Å²) in [6.07, 6.45) is 3.61. The third kappa shape index (κ3) is 5.81. The van der Waals surface area contributed by atoms with Crippen LogP contribution in [0.4, 0.5) is 0 Å². The molecule has 2 heterocycles. The molecule has 1 aromatic rings. The van der Waals surface area contributed by atoms with Gasteiger partial charge in [-0.3, -0.25) is 9.89 Å². The fourth-order valence-electron chi connectivity index (χ4n) is 3.90. The fourth-order valence-corrected chi connectivity index (χ4v) is 3.90. The van der Waals surface area contributed by atoms with Crippen molar-refractivity contribution in [2.45, 2.75) is 26.4 Å². The maximum Gasteiger partial charge on any atom is 0.194 e. The molecule has 1 unspecified atom stereocenters. The Morgan fingerprint density at radius 2 is 2.07 bits per heavy atom. The van der Waals surface area contributed by atoms with Crippen LogP contribution in [0.5, 0.6) is 0 Å². The monoisotopic (exact) mass is 370 g/mol. The molecule has 148 valence electrons. The summed E-state index contributed by atoms with van der Waals surface area (Å²) in [4.78, 5) is 9.33. The molecule has 5 nitrogen and oxygen atoms in total. The van der Waals surface area contributed by atoms with Crippen molar-refractivity contribution in [1.29, 1.82) is 0 Å². The van der Waals surface area contributed by atoms with Crippen LogP contribution in [0.25, 0.3) is 5.57 Å². The van der Waals surface area contributed by atoms with Gasteiger partial charge in [0.05, 0.1) is 12.7 Å². The molecule has 5 heteroatoms. The van der Waals surface area contributed by atoms with Crippen molar-refractivity contribution in [3.05, 3.63) is 42.0 Å². The quantitative estimate of drug-likeness (QED) is 0.639. The third-order valence-corrected chi connectivity index (χ3v) is 5.20. The summed E-state index contributed by atoms with van der Waals surface area (Å²) in [6.45, 7) is 11.3. The van der Waals surface area contributed by atoms with Gasteiger partial charge in [-0.25, -0.2) is 0 Å². The van der Waals surface area contributed by atoms with E-state index in [1.165, 1.54) is 11.1 Å². The van der Waals surface area contributed by atoms with Crippen LogP contribution in [-0.4, -0.2) is 74.8 Å². The first-order valence-electron chi connectivity index (χ1n) is 10.2. The molecule has 0 bridgehead atoms. The second-order valence-electron chi connectivity index (χ2n) is 7.87. The first kappa shape index (κ1) is 19.9. The molecule has 27 heavy (non-hydrogen) atoms. The minimum atomic E-state index is 0.231. The van der Waals surface area contributed by atoms with Gasteiger partial charge in [-0.1, -0.05) is 50.3 Å². The number of rotatable bonds is 5. The van der Waals surface area contributed by atoms with E-state index >= 15 is 0 Å². The van der Waals surface area contributed by atoms with E-state index in [1.807, 2.05) is 7.05 Å². The molecule has 1 aromatic carbocycles. The lowest BCUT2D eigenvalue weighted by Crippen LogP contribution is -2.51. The Kier molecular flexibility index (Phi) is 7.30. The lowest BCUT2D eigenvalue weighted by atomic mass is 10.00. The standard InChI is InChI=1S/C22H34N4O/c1-18(2)16-25-13-14-27-21(17-25)15-24-22(23-3)26-11-9-20(10-12-26)19-7-5-4-6-8-19/h4-9,18,21H,10-17H2,1-3H3,(H,23,24). The van der Waals surface area contributed by atoms with Gasteiger partial charge in [0.2, 0.25) is 0 Å². The van der Waals surface area contributed by atoms with E-state index in [1.54, 1.807) is 0 Å². The number of guanidine groups is 1. The number of morpholine rings is 1. The van der Waals surface area contributed by atoms with Crippen molar-refractivity contribution >= 4 is 11.5 Å². The zero-order chi connectivity index (χ0) is 19.1. The van der Waals surface area contributed by atoms with Crippen LogP contribution in [0.3, 0.4) is 0 Å². The topological polar surface area (TPSA) is 40.1 Å². The fraction of sp³-hybridized carbons (Fsp3) is 0.591. The van der Waals surface area contributed by atoms with Crippen LogP contribution in [0.2, 0.25) is 0 Å². The van der Waals surface area contributed by atoms with Crippen molar-refractivity contribution in [3.63, 3.8) is 0 Å². The number of nitrogens with one attached hydrogen (secondary N) is 1. The van der Waals surface area contributed by atoms with Crippen LogP contribution >= 0.6 is 0 Å². The summed E-state index contributed by atoms with van der Waals surface area (Å²) in [6, 6.07) is 10.7. The summed E-state index contributed by atoms with van der Waals surface area (Å²) in [7, 11) is 1.87. The lowest BCUT2D eigenvalue weighted by Gasteiger charge is -2.35. The minimum Gasteiger partial charge on any atom is -0.374 e. The molecule has 0 radical (unpaired) electrons. The smallest absolute Gasteiger partial charge is 0.194 e. The molecule has 2 aliphatic rings. The Balaban J connectivity index is 1.49. The molecular formula is C22H34N4O. The molecule has 0 aliphatic carbocycles. The van der Waals surface area contributed by atoms with Crippen molar-refractivity contribution in [1.82, 2.24) is 15.1 Å². The predicted octanol–water partition coefficient (Wildman–Crippen LogP) is 2.71. The van der Waals surface area contributed by atoms with Gasteiger partial charge in [-0.2, -0.15) is 0 Å². The molecule has 0 spiro atoms. The SMILES string of the molecule is CN=C(NCC1CN(CC(C)C)CCO1)N1CC=C(c2ccccc2)CC1. The normalized spacial score (nSPS) is 22.1. The molecule has 3 rings (SSSR count). The highest BCUT2D eigenvalue weighted by Gasteiger charge is 2.22. The Morgan fingerprint density at radius 3 is 2.74 bits per heavy atom. The van der Waals surface area contributed by atoms with Gasteiger partial charge in [-0.15, -0.1) is 0 Å². The highest BCUT2D eigenvalue weighted by Crippen LogP contribution is 2.22. The number of ether oxygens (including phenoxy) is 1. The number of hydrogen-bond acceptors (Lipinski definition) is 3. The third-order valence-electron chi connectivity index (χ3n) is 5.20. The summed E-state index contributed by atoms with van der Waals surface area (Å²) < 4.78 is 5.96. The number of benzene rings is 1. The van der Waals surface area contributed by atoms with Crippen molar-refractivity contribution in [3.8, 4) is 0 Å².